The zero-order chi connectivity index (χ0) is 28.8. The highest BCUT2D eigenvalue weighted by Gasteiger charge is 2.59. The van der Waals surface area contributed by atoms with Gasteiger partial charge in [-0.05, 0) is 91.3 Å². The van der Waals surface area contributed by atoms with Gasteiger partial charge in [0.15, 0.2) is 6.61 Å². The maximum atomic E-state index is 13.4. The molecule has 8 atom stereocenters. The van der Waals surface area contributed by atoms with Crippen molar-refractivity contribution in [1.82, 2.24) is 0 Å². The predicted octanol–water partition coefficient (Wildman–Crippen LogP) is 8.03. The van der Waals surface area contributed by atoms with Crippen LogP contribution in [-0.4, -0.2) is 37.1 Å². The average molecular weight is 575 g/mol. The van der Waals surface area contributed by atoms with Crippen LogP contribution in [0.5, 0.6) is 0 Å². The van der Waals surface area contributed by atoms with Crippen LogP contribution in [0, 0.1) is 46.3 Å². The fraction of sp³-hybridized carbons (Fsp3) is 0.900. The van der Waals surface area contributed by atoms with Crippen LogP contribution in [0.3, 0.4) is 0 Å². The minimum Gasteiger partial charge on any atom is -0.431 e. The number of rotatable bonds is 9. The summed E-state index contributed by atoms with van der Waals surface area (Å²) in [4.78, 5) is 12.0. The van der Waals surface area contributed by atoms with Crippen molar-refractivity contribution in [2.75, 3.05) is 6.61 Å². The Morgan fingerprint density at radius 3 is 2.49 bits per heavy atom. The van der Waals surface area contributed by atoms with Crippen LogP contribution < -0.4 is 0 Å². The lowest BCUT2D eigenvalue weighted by molar-refractivity contribution is -0.0661. The summed E-state index contributed by atoms with van der Waals surface area (Å²) < 4.78 is 66.5. The van der Waals surface area contributed by atoms with Crippen LogP contribution in [0.25, 0.3) is 0 Å². The SMILES string of the molecule is CC(C)CCC[C@@H](C)[C@H]1CCC2C3CC=C4CC(OC(=O)OCC(F)(F)S(=O)(=O)O)CC[C@]4(C)C3CC[C@@]21C. The molecule has 3 saturated carbocycles. The molecule has 4 rings (SSSR count). The summed E-state index contributed by atoms with van der Waals surface area (Å²) in [6, 6.07) is 0. The molecule has 0 aromatic heterocycles. The van der Waals surface area contributed by atoms with Crippen LogP contribution >= 0.6 is 0 Å². The third kappa shape index (κ3) is 6.05. The fourth-order valence-electron chi connectivity index (χ4n) is 9.14. The average Bonchev–Trinajstić information content (AvgIpc) is 3.19. The van der Waals surface area contributed by atoms with Crippen LogP contribution in [0.4, 0.5) is 13.6 Å². The Kier molecular flexibility index (Phi) is 8.84. The molecule has 0 amide bonds. The Hall–Kier alpha value is -1.22. The zero-order valence-electron chi connectivity index (χ0n) is 24.3. The van der Waals surface area contributed by atoms with Gasteiger partial charge in [0.05, 0.1) is 0 Å². The summed E-state index contributed by atoms with van der Waals surface area (Å²) in [5.41, 5.74) is 1.75. The lowest BCUT2D eigenvalue weighted by Gasteiger charge is -2.58. The van der Waals surface area contributed by atoms with Gasteiger partial charge < -0.3 is 9.47 Å². The molecule has 0 heterocycles. The van der Waals surface area contributed by atoms with E-state index in [4.69, 9.17) is 9.29 Å². The number of allylic oxidation sites excluding steroid dienone is 1. The summed E-state index contributed by atoms with van der Waals surface area (Å²) in [6.45, 7) is 10.3. The van der Waals surface area contributed by atoms with Crippen LogP contribution in [0.1, 0.15) is 105 Å². The summed E-state index contributed by atoms with van der Waals surface area (Å²) in [5, 5.41) is -4.57. The molecule has 0 bridgehead atoms. The Balaban J connectivity index is 1.37. The van der Waals surface area contributed by atoms with Gasteiger partial charge >= 0.3 is 21.5 Å². The number of hydrogen-bond donors (Lipinski definition) is 1. The van der Waals surface area contributed by atoms with Gasteiger partial charge in [0.1, 0.15) is 6.10 Å². The molecule has 4 aliphatic carbocycles. The Morgan fingerprint density at radius 1 is 1.10 bits per heavy atom. The van der Waals surface area contributed by atoms with E-state index in [-0.39, 0.29) is 5.41 Å². The van der Waals surface area contributed by atoms with Crippen LogP contribution in [0.15, 0.2) is 11.6 Å². The summed E-state index contributed by atoms with van der Waals surface area (Å²) in [5.74, 6) is 4.37. The first-order valence-electron chi connectivity index (χ1n) is 15.0. The summed E-state index contributed by atoms with van der Waals surface area (Å²) in [6.07, 6.45) is 12.7. The van der Waals surface area contributed by atoms with Gasteiger partial charge in [-0.2, -0.15) is 17.2 Å². The first-order valence-corrected chi connectivity index (χ1v) is 16.4. The molecule has 0 saturated heterocycles. The van der Waals surface area contributed by atoms with E-state index in [1.54, 1.807) is 0 Å². The van der Waals surface area contributed by atoms with Crippen molar-refractivity contribution in [2.24, 2.45) is 46.3 Å². The molecule has 4 unspecified atom stereocenters. The van der Waals surface area contributed by atoms with E-state index in [1.807, 2.05) is 0 Å². The number of carbonyl (C=O) groups is 1. The minimum atomic E-state index is -5.67. The molecule has 1 N–H and O–H groups in total. The molecule has 6 nitrogen and oxygen atoms in total. The molecule has 0 aromatic rings. The van der Waals surface area contributed by atoms with Crippen molar-refractivity contribution in [2.45, 2.75) is 117 Å². The fourth-order valence-corrected chi connectivity index (χ4v) is 9.35. The lowest BCUT2D eigenvalue weighted by atomic mass is 9.47. The van der Waals surface area contributed by atoms with Crippen LogP contribution in [0.2, 0.25) is 0 Å². The third-order valence-electron chi connectivity index (χ3n) is 11.3. The van der Waals surface area contributed by atoms with Gasteiger partial charge in [-0.15, -0.1) is 0 Å². The lowest BCUT2D eigenvalue weighted by Crippen LogP contribution is -2.51. The van der Waals surface area contributed by atoms with Gasteiger partial charge in [0.25, 0.3) is 0 Å². The first-order chi connectivity index (χ1) is 18.1. The minimum absolute atomic E-state index is 0.0486. The molecule has 9 heteroatoms. The highest BCUT2D eigenvalue weighted by molar-refractivity contribution is 7.86. The van der Waals surface area contributed by atoms with E-state index in [0.29, 0.717) is 30.1 Å². The molecule has 0 spiro atoms. The molecule has 0 aliphatic heterocycles. The van der Waals surface area contributed by atoms with Crippen molar-refractivity contribution in [3.63, 3.8) is 0 Å². The van der Waals surface area contributed by atoms with Crippen molar-refractivity contribution < 1.29 is 36.0 Å². The topological polar surface area (TPSA) is 89.9 Å². The molecule has 0 aromatic carbocycles. The number of hydrogen-bond acceptors (Lipinski definition) is 5. The van der Waals surface area contributed by atoms with Gasteiger partial charge in [-0.25, -0.2) is 4.79 Å². The first kappa shape index (κ1) is 30.7. The quantitative estimate of drug-likeness (QED) is 0.170. The maximum Gasteiger partial charge on any atom is 0.508 e. The highest BCUT2D eigenvalue weighted by Crippen LogP contribution is 2.67. The molecule has 39 heavy (non-hydrogen) atoms. The van der Waals surface area contributed by atoms with Gasteiger partial charge in [-0.1, -0.05) is 65.5 Å². The van der Waals surface area contributed by atoms with Crippen molar-refractivity contribution in [3.8, 4) is 0 Å². The zero-order valence-corrected chi connectivity index (χ0v) is 25.1. The molecule has 224 valence electrons. The monoisotopic (exact) mass is 574 g/mol. The largest absolute Gasteiger partial charge is 0.508 e. The van der Waals surface area contributed by atoms with Gasteiger partial charge in [0, 0.05) is 6.42 Å². The predicted molar refractivity (Wildman–Crippen MR) is 146 cm³/mol. The van der Waals surface area contributed by atoms with Crippen molar-refractivity contribution in [3.05, 3.63) is 11.6 Å². The highest BCUT2D eigenvalue weighted by atomic mass is 32.2. The van der Waals surface area contributed by atoms with E-state index < -0.39 is 34.2 Å². The van der Waals surface area contributed by atoms with Crippen molar-refractivity contribution >= 4 is 16.3 Å². The van der Waals surface area contributed by atoms with E-state index in [1.165, 1.54) is 50.5 Å². The molecular weight excluding hydrogens is 526 g/mol. The third-order valence-corrected chi connectivity index (χ3v) is 12.1. The number of alkyl halides is 2. The number of carbonyl (C=O) groups excluding carboxylic acids is 1. The number of ether oxygens (including phenoxy) is 2. The molecular formula is C30H48F2O6S. The second kappa shape index (κ2) is 11.2. The van der Waals surface area contributed by atoms with Crippen LogP contribution in [-0.2, 0) is 19.6 Å². The molecule has 0 radical (unpaired) electrons. The Morgan fingerprint density at radius 2 is 1.82 bits per heavy atom. The number of fused-ring (bicyclic) bond motifs is 5. The normalized spacial score (nSPS) is 37.4. The van der Waals surface area contributed by atoms with E-state index in [9.17, 15) is 22.0 Å². The summed E-state index contributed by atoms with van der Waals surface area (Å²) in [7, 11) is -5.67. The standard InChI is InChI=1S/C30H48F2O6S/c1-19(2)7-6-8-20(3)24-11-12-25-23-10-9-21-17-22(38-27(33)37-18-30(31,32)39(34,35)36)13-15-28(21,4)26(23)14-16-29(24,25)5/h9,19-20,22-26H,6-8,10-18H2,1-5H3,(H,34,35,36)/t20-,22?,23?,24-,25?,26?,28+,29-/m1/s1. The second-order valence-corrected chi connectivity index (χ2v) is 15.5. The van der Waals surface area contributed by atoms with Gasteiger partial charge in [0.2, 0.25) is 0 Å². The summed E-state index contributed by atoms with van der Waals surface area (Å²) >= 11 is 0. The smallest absolute Gasteiger partial charge is 0.431 e. The van der Waals surface area contributed by atoms with E-state index >= 15 is 0 Å². The maximum absolute atomic E-state index is 13.4. The van der Waals surface area contributed by atoms with Gasteiger partial charge in [-0.3, -0.25) is 4.55 Å². The van der Waals surface area contributed by atoms with E-state index in [0.717, 1.165) is 36.5 Å². The second-order valence-electron chi connectivity index (χ2n) is 13.9. The molecule has 4 aliphatic rings. The molecule has 3 fully saturated rings. The Bertz CT molecular complexity index is 1040. The number of halogens is 2. The van der Waals surface area contributed by atoms with Crippen molar-refractivity contribution in [1.29, 1.82) is 0 Å². The van der Waals surface area contributed by atoms with E-state index in [2.05, 4.69) is 45.4 Å². The Labute approximate surface area is 233 Å².